The molecule has 7 nitrogen and oxygen atoms in total. The van der Waals surface area contributed by atoms with Gasteiger partial charge in [0, 0.05) is 30.4 Å². The van der Waals surface area contributed by atoms with Gasteiger partial charge in [-0.2, -0.15) is 0 Å². The van der Waals surface area contributed by atoms with Crippen LogP contribution in [0.4, 0.5) is 11.5 Å². The second-order valence-corrected chi connectivity index (χ2v) is 8.43. The molecule has 0 radical (unpaired) electrons. The summed E-state index contributed by atoms with van der Waals surface area (Å²) in [5, 5.41) is 11.8. The molecular formula is C25H28N6O. The summed E-state index contributed by atoms with van der Waals surface area (Å²) in [5.41, 5.74) is 10.1. The molecule has 7 heteroatoms. The van der Waals surface area contributed by atoms with Crippen LogP contribution in [0.25, 0.3) is 11.3 Å². The van der Waals surface area contributed by atoms with Crippen molar-refractivity contribution in [3.63, 3.8) is 0 Å². The standard InChI is InChI=1S/C25H28N6O/c32-25(23-17-22(28-29-23)18-7-3-1-4-8-18)26-20-11-9-19(10-12-20)21-13-14-24(30-27-21)31-15-5-2-6-16-31/h1,3-4,7-14,22-23,28-29H,2,5-6,15-17H2,(H,26,32). The molecule has 2 aromatic carbocycles. The van der Waals surface area contributed by atoms with Crippen molar-refractivity contribution in [2.75, 3.05) is 23.3 Å². The first kappa shape index (κ1) is 20.6. The number of amides is 1. The highest BCUT2D eigenvalue weighted by atomic mass is 16.2. The van der Waals surface area contributed by atoms with Crippen molar-refractivity contribution >= 4 is 17.4 Å². The Labute approximate surface area is 188 Å². The van der Waals surface area contributed by atoms with Gasteiger partial charge < -0.3 is 10.2 Å². The van der Waals surface area contributed by atoms with Crippen LogP contribution in [0.3, 0.4) is 0 Å². The number of carbonyl (C=O) groups excluding carboxylic acids is 1. The predicted octanol–water partition coefficient (Wildman–Crippen LogP) is 3.68. The van der Waals surface area contributed by atoms with Gasteiger partial charge >= 0.3 is 0 Å². The lowest BCUT2D eigenvalue weighted by molar-refractivity contribution is -0.117. The number of benzene rings is 2. The third-order valence-electron chi connectivity index (χ3n) is 6.20. The lowest BCUT2D eigenvalue weighted by atomic mass is 10.0. The zero-order valence-electron chi connectivity index (χ0n) is 18.0. The second kappa shape index (κ2) is 9.46. The second-order valence-electron chi connectivity index (χ2n) is 8.43. The molecule has 0 aliphatic carbocycles. The van der Waals surface area contributed by atoms with E-state index >= 15 is 0 Å². The molecule has 2 aliphatic heterocycles. The van der Waals surface area contributed by atoms with Gasteiger partial charge in [0.1, 0.15) is 6.04 Å². The molecule has 3 N–H and O–H groups in total. The van der Waals surface area contributed by atoms with Crippen molar-refractivity contribution in [3.8, 4) is 11.3 Å². The molecule has 164 valence electrons. The number of piperidine rings is 1. The average molecular weight is 429 g/mol. The number of nitrogens with zero attached hydrogens (tertiary/aromatic N) is 3. The van der Waals surface area contributed by atoms with Crippen LogP contribution >= 0.6 is 0 Å². The predicted molar refractivity (Wildman–Crippen MR) is 126 cm³/mol. The highest BCUT2D eigenvalue weighted by Crippen LogP contribution is 2.24. The molecule has 32 heavy (non-hydrogen) atoms. The van der Waals surface area contributed by atoms with Gasteiger partial charge in [0.25, 0.3) is 0 Å². The minimum Gasteiger partial charge on any atom is -0.355 e. The fourth-order valence-electron chi connectivity index (χ4n) is 4.36. The third-order valence-corrected chi connectivity index (χ3v) is 6.20. The van der Waals surface area contributed by atoms with E-state index in [2.05, 4.69) is 43.4 Å². The van der Waals surface area contributed by atoms with E-state index in [0.29, 0.717) is 6.42 Å². The van der Waals surface area contributed by atoms with Crippen molar-refractivity contribution in [3.05, 3.63) is 72.3 Å². The van der Waals surface area contributed by atoms with Crippen LogP contribution in [0.15, 0.2) is 66.7 Å². The Morgan fingerprint density at radius 2 is 1.66 bits per heavy atom. The molecule has 1 amide bonds. The normalized spacial score (nSPS) is 20.8. The fourth-order valence-corrected chi connectivity index (χ4v) is 4.36. The molecule has 1 aromatic heterocycles. The Morgan fingerprint density at radius 1 is 0.875 bits per heavy atom. The van der Waals surface area contributed by atoms with Crippen LogP contribution in [0.5, 0.6) is 0 Å². The first-order valence-electron chi connectivity index (χ1n) is 11.3. The lowest BCUT2D eigenvalue weighted by Gasteiger charge is -2.27. The first-order valence-corrected chi connectivity index (χ1v) is 11.3. The van der Waals surface area contributed by atoms with E-state index in [4.69, 9.17) is 0 Å². The first-order chi connectivity index (χ1) is 15.8. The summed E-state index contributed by atoms with van der Waals surface area (Å²) < 4.78 is 0. The van der Waals surface area contributed by atoms with E-state index in [1.807, 2.05) is 54.6 Å². The highest BCUT2D eigenvalue weighted by molar-refractivity contribution is 5.95. The van der Waals surface area contributed by atoms with Crippen LogP contribution in [0.1, 0.15) is 37.3 Å². The van der Waals surface area contributed by atoms with Gasteiger partial charge in [0.05, 0.1) is 5.69 Å². The summed E-state index contributed by atoms with van der Waals surface area (Å²) in [6, 6.07) is 21.8. The molecule has 3 heterocycles. The summed E-state index contributed by atoms with van der Waals surface area (Å²) in [6.45, 7) is 2.11. The molecule has 2 fully saturated rings. The number of hydrazine groups is 1. The molecule has 2 unspecified atom stereocenters. The zero-order chi connectivity index (χ0) is 21.8. The molecule has 0 bridgehead atoms. The van der Waals surface area contributed by atoms with E-state index in [1.54, 1.807) is 0 Å². The van der Waals surface area contributed by atoms with Crippen LogP contribution < -0.4 is 21.1 Å². The number of carbonyl (C=O) groups is 1. The smallest absolute Gasteiger partial charge is 0.242 e. The van der Waals surface area contributed by atoms with Crippen molar-refractivity contribution in [1.82, 2.24) is 21.0 Å². The number of anilines is 2. The van der Waals surface area contributed by atoms with Crippen LogP contribution in [-0.2, 0) is 4.79 Å². The maximum absolute atomic E-state index is 12.7. The maximum Gasteiger partial charge on any atom is 0.242 e. The largest absolute Gasteiger partial charge is 0.355 e. The Bertz CT molecular complexity index is 1030. The maximum atomic E-state index is 12.7. The number of rotatable bonds is 5. The van der Waals surface area contributed by atoms with E-state index in [9.17, 15) is 4.79 Å². The van der Waals surface area contributed by atoms with Gasteiger partial charge in [-0.3, -0.25) is 4.79 Å². The minimum atomic E-state index is -0.284. The Hall–Kier alpha value is -3.29. The molecule has 2 saturated heterocycles. The van der Waals surface area contributed by atoms with Crippen LogP contribution in [0.2, 0.25) is 0 Å². The lowest BCUT2D eigenvalue weighted by Crippen LogP contribution is -2.39. The van der Waals surface area contributed by atoms with Gasteiger partial charge in [0.15, 0.2) is 5.82 Å². The number of hydrogen-bond acceptors (Lipinski definition) is 6. The summed E-state index contributed by atoms with van der Waals surface area (Å²) in [5.74, 6) is 0.901. The average Bonchev–Trinajstić information content (AvgIpc) is 3.37. The quantitative estimate of drug-likeness (QED) is 0.575. The summed E-state index contributed by atoms with van der Waals surface area (Å²) in [4.78, 5) is 15.0. The van der Waals surface area contributed by atoms with Gasteiger partial charge in [0.2, 0.25) is 5.91 Å². The third kappa shape index (κ3) is 4.64. The van der Waals surface area contributed by atoms with E-state index in [-0.39, 0.29) is 18.0 Å². The monoisotopic (exact) mass is 428 g/mol. The van der Waals surface area contributed by atoms with Crippen LogP contribution in [0, 0.1) is 0 Å². The van der Waals surface area contributed by atoms with E-state index in [1.165, 1.54) is 24.8 Å². The van der Waals surface area contributed by atoms with Gasteiger partial charge in [-0.05, 0) is 55.5 Å². The molecule has 0 saturated carbocycles. The number of aromatic nitrogens is 2. The molecule has 0 spiro atoms. The SMILES string of the molecule is O=C(Nc1ccc(-c2ccc(N3CCCCC3)nn2)cc1)C1CC(c2ccccc2)NN1. The van der Waals surface area contributed by atoms with Gasteiger partial charge in [-0.25, -0.2) is 10.9 Å². The summed E-state index contributed by atoms with van der Waals surface area (Å²) >= 11 is 0. The zero-order valence-corrected chi connectivity index (χ0v) is 18.0. The van der Waals surface area contributed by atoms with Crippen molar-refractivity contribution in [2.24, 2.45) is 0 Å². The Balaban J connectivity index is 1.18. The molecule has 2 atom stereocenters. The number of hydrogen-bond donors (Lipinski definition) is 3. The van der Waals surface area contributed by atoms with Gasteiger partial charge in [-0.15, -0.1) is 10.2 Å². The molecular weight excluding hydrogens is 400 g/mol. The van der Waals surface area contributed by atoms with Crippen molar-refractivity contribution < 1.29 is 4.79 Å². The van der Waals surface area contributed by atoms with Crippen molar-refractivity contribution in [2.45, 2.75) is 37.8 Å². The summed E-state index contributed by atoms with van der Waals surface area (Å²) in [7, 11) is 0. The highest BCUT2D eigenvalue weighted by Gasteiger charge is 2.30. The van der Waals surface area contributed by atoms with Crippen LogP contribution in [-0.4, -0.2) is 35.2 Å². The topological polar surface area (TPSA) is 82.2 Å². The Kier molecular flexibility index (Phi) is 6.09. The molecule has 3 aromatic rings. The van der Waals surface area contributed by atoms with E-state index < -0.39 is 0 Å². The number of nitrogens with one attached hydrogen (secondary N) is 3. The van der Waals surface area contributed by atoms with E-state index in [0.717, 1.165) is 35.9 Å². The van der Waals surface area contributed by atoms with Gasteiger partial charge in [-0.1, -0.05) is 42.5 Å². The van der Waals surface area contributed by atoms with Crippen molar-refractivity contribution in [1.29, 1.82) is 0 Å². The summed E-state index contributed by atoms with van der Waals surface area (Å²) in [6.07, 6.45) is 4.44. The molecule has 2 aliphatic rings. The fraction of sp³-hybridized carbons (Fsp3) is 0.320. The minimum absolute atomic E-state index is 0.0469. The molecule has 5 rings (SSSR count). The Morgan fingerprint density at radius 3 is 2.38 bits per heavy atom.